The number of anilines is 1. The number of halogens is 2. The number of esters is 1. The van der Waals surface area contributed by atoms with E-state index in [1.165, 1.54) is 4.31 Å². The predicted octanol–water partition coefficient (Wildman–Crippen LogP) is 3.82. The molecule has 0 aliphatic carbocycles. The first-order valence-electron chi connectivity index (χ1n) is 12.8. The van der Waals surface area contributed by atoms with E-state index < -0.39 is 10.0 Å². The van der Waals surface area contributed by atoms with E-state index in [1.807, 2.05) is 48.7 Å². The molecule has 0 aliphatic heterocycles. The fraction of sp³-hybridized carbons (Fsp3) is 0.444. The van der Waals surface area contributed by atoms with Crippen LogP contribution in [0.15, 0.2) is 42.5 Å². The van der Waals surface area contributed by atoms with E-state index in [1.54, 1.807) is 31.2 Å². The lowest BCUT2D eigenvalue weighted by Crippen LogP contribution is -2.38. The first-order chi connectivity index (χ1) is 18.1. The maximum Gasteiger partial charge on any atom is 0.326 e. The van der Waals surface area contributed by atoms with Gasteiger partial charge in [0.2, 0.25) is 10.0 Å². The molecule has 3 aromatic rings. The number of nitrogen functional groups attached to an aromatic ring is 1. The van der Waals surface area contributed by atoms with Crippen LogP contribution < -0.4 is 10.0 Å². The minimum absolute atomic E-state index is 0. The molecule has 0 saturated carbocycles. The lowest BCUT2D eigenvalue weighted by Gasteiger charge is -2.26. The molecule has 3 rings (SSSR count). The van der Waals surface area contributed by atoms with E-state index in [9.17, 15) is 13.2 Å². The molecule has 1 heterocycles. The number of nitrogens with one attached hydrogen (secondary N) is 1. The SMILES string of the molecule is CCCCS(=O)(=O)N(CCN(C)C)c1ccc2c(c1)nc(Cc1ccc(C(=N)N)cc1)n2CC(=O)OCC.Cl.Cl. The molecule has 0 aliphatic rings. The minimum Gasteiger partial charge on any atom is -0.465 e. The Morgan fingerprint density at radius 2 is 1.75 bits per heavy atom. The third kappa shape index (κ3) is 9.09. The number of nitrogens with zero attached hydrogens (tertiary/aromatic N) is 4. The summed E-state index contributed by atoms with van der Waals surface area (Å²) in [6, 6.07) is 12.7. The number of carbonyl (C=O) groups is 1. The zero-order chi connectivity index (χ0) is 27.9. The van der Waals surface area contributed by atoms with Crippen molar-refractivity contribution in [2.75, 3.05) is 43.8 Å². The highest BCUT2D eigenvalue weighted by Crippen LogP contribution is 2.27. The number of hydrogen-bond acceptors (Lipinski definition) is 7. The Balaban J connectivity index is 0.00000400. The Hall–Kier alpha value is -2.86. The minimum atomic E-state index is -3.52. The molecule has 40 heavy (non-hydrogen) atoms. The number of fused-ring (bicyclic) bond motifs is 1. The monoisotopic (exact) mass is 614 g/mol. The van der Waals surface area contributed by atoms with Gasteiger partial charge in [-0.2, -0.15) is 0 Å². The van der Waals surface area contributed by atoms with Gasteiger partial charge in [0.25, 0.3) is 0 Å². The van der Waals surface area contributed by atoms with Crippen molar-refractivity contribution in [2.45, 2.75) is 39.7 Å². The summed E-state index contributed by atoms with van der Waals surface area (Å²) in [7, 11) is 0.297. The molecule has 0 bridgehead atoms. The molecular weight excluding hydrogens is 575 g/mol. The van der Waals surface area contributed by atoms with Gasteiger partial charge in [-0.15, -0.1) is 24.8 Å². The lowest BCUT2D eigenvalue weighted by atomic mass is 10.1. The van der Waals surface area contributed by atoms with Crippen LogP contribution in [0.4, 0.5) is 5.69 Å². The summed E-state index contributed by atoms with van der Waals surface area (Å²) in [5.74, 6) is 0.341. The van der Waals surface area contributed by atoms with Gasteiger partial charge < -0.3 is 19.9 Å². The summed E-state index contributed by atoms with van der Waals surface area (Å²) in [6.45, 7) is 4.88. The van der Waals surface area contributed by atoms with Crippen LogP contribution in [0.3, 0.4) is 0 Å². The molecule has 10 nitrogen and oxygen atoms in total. The van der Waals surface area contributed by atoms with E-state index in [-0.39, 0.29) is 55.5 Å². The Kier molecular flexibility index (Phi) is 13.9. The Labute approximate surface area is 249 Å². The van der Waals surface area contributed by atoms with Crippen LogP contribution >= 0.6 is 24.8 Å². The van der Waals surface area contributed by atoms with Gasteiger partial charge in [-0.05, 0) is 51.2 Å². The fourth-order valence-electron chi connectivity index (χ4n) is 4.11. The molecule has 0 saturated heterocycles. The average molecular weight is 616 g/mol. The quantitative estimate of drug-likeness (QED) is 0.160. The Morgan fingerprint density at radius 1 is 1.07 bits per heavy atom. The van der Waals surface area contributed by atoms with Crippen LogP contribution in [0, 0.1) is 5.41 Å². The second-order valence-corrected chi connectivity index (χ2v) is 11.4. The van der Waals surface area contributed by atoms with E-state index in [0.29, 0.717) is 48.5 Å². The van der Waals surface area contributed by atoms with Gasteiger partial charge in [0, 0.05) is 25.1 Å². The molecule has 0 amide bonds. The van der Waals surface area contributed by atoms with Gasteiger partial charge in [0.05, 0.1) is 29.1 Å². The van der Waals surface area contributed by atoms with E-state index in [4.69, 9.17) is 20.9 Å². The van der Waals surface area contributed by atoms with Crippen molar-refractivity contribution in [3.8, 4) is 0 Å². The van der Waals surface area contributed by atoms with E-state index in [2.05, 4.69) is 0 Å². The molecule has 3 N–H and O–H groups in total. The van der Waals surface area contributed by atoms with Crippen LogP contribution in [0.2, 0.25) is 0 Å². The number of rotatable bonds is 14. The van der Waals surface area contributed by atoms with Crippen LogP contribution in [0.25, 0.3) is 11.0 Å². The summed E-state index contributed by atoms with van der Waals surface area (Å²) in [4.78, 5) is 19.2. The zero-order valence-electron chi connectivity index (χ0n) is 23.4. The van der Waals surface area contributed by atoms with E-state index in [0.717, 1.165) is 17.5 Å². The number of unbranched alkanes of at least 4 members (excludes halogenated alkanes) is 1. The number of hydrogen-bond donors (Lipinski definition) is 2. The first-order valence-corrected chi connectivity index (χ1v) is 14.4. The fourth-order valence-corrected chi connectivity index (χ4v) is 5.78. The van der Waals surface area contributed by atoms with Gasteiger partial charge in [-0.25, -0.2) is 13.4 Å². The topological polar surface area (TPSA) is 135 Å². The van der Waals surface area contributed by atoms with Gasteiger partial charge in [-0.1, -0.05) is 37.6 Å². The molecule has 1 aromatic heterocycles. The molecule has 222 valence electrons. The standard InChI is InChI=1S/C27H38N6O4S.2ClH/c1-5-7-16-38(35,36)33(15-14-31(3)4)22-12-13-24-23(18-22)30-25(32(24)19-26(34)37-6-2)17-20-8-10-21(11-9-20)27(28)29;;/h8-13,18H,5-7,14-17,19H2,1-4H3,(H3,28,29);2*1H. The lowest BCUT2D eigenvalue weighted by molar-refractivity contribution is -0.143. The van der Waals surface area contributed by atoms with Crippen molar-refractivity contribution in [1.82, 2.24) is 14.5 Å². The summed E-state index contributed by atoms with van der Waals surface area (Å²) in [6.07, 6.45) is 1.80. The molecule has 0 unspecified atom stereocenters. The van der Waals surface area contributed by atoms with Crippen LogP contribution in [0.5, 0.6) is 0 Å². The second-order valence-electron chi connectivity index (χ2n) is 9.42. The van der Waals surface area contributed by atoms with Crippen molar-refractivity contribution in [1.29, 1.82) is 5.41 Å². The Bertz CT molecular complexity index is 1380. The van der Waals surface area contributed by atoms with Crippen LogP contribution in [-0.4, -0.2) is 74.2 Å². The van der Waals surface area contributed by atoms with Gasteiger partial charge in [-0.3, -0.25) is 14.5 Å². The molecule has 0 radical (unpaired) electrons. The maximum atomic E-state index is 13.2. The molecule has 0 spiro atoms. The highest BCUT2D eigenvalue weighted by atomic mass is 35.5. The van der Waals surface area contributed by atoms with Crippen molar-refractivity contribution >= 4 is 63.4 Å². The van der Waals surface area contributed by atoms with Crippen molar-refractivity contribution in [3.05, 3.63) is 59.4 Å². The smallest absolute Gasteiger partial charge is 0.326 e. The number of ether oxygens (including phenoxy) is 1. The van der Waals surface area contributed by atoms with Gasteiger partial charge >= 0.3 is 5.97 Å². The van der Waals surface area contributed by atoms with Gasteiger partial charge in [0.15, 0.2) is 0 Å². The summed E-state index contributed by atoms with van der Waals surface area (Å²) in [5, 5.41) is 7.60. The Morgan fingerprint density at radius 3 is 2.33 bits per heavy atom. The molecule has 0 atom stereocenters. The highest BCUT2D eigenvalue weighted by molar-refractivity contribution is 7.92. The van der Waals surface area contributed by atoms with Crippen LogP contribution in [0.1, 0.15) is 43.6 Å². The second kappa shape index (κ2) is 15.8. The average Bonchev–Trinajstić information content (AvgIpc) is 3.19. The molecule has 2 aromatic carbocycles. The predicted molar refractivity (Wildman–Crippen MR) is 166 cm³/mol. The number of benzene rings is 2. The number of aromatic nitrogens is 2. The molecule has 13 heteroatoms. The number of likely N-dealkylation sites (N-methyl/N-ethyl adjacent to an activating group) is 1. The highest BCUT2D eigenvalue weighted by Gasteiger charge is 2.24. The third-order valence-corrected chi connectivity index (χ3v) is 8.03. The molecule has 0 fully saturated rings. The summed E-state index contributed by atoms with van der Waals surface area (Å²) in [5.41, 5.74) is 9.00. The van der Waals surface area contributed by atoms with Crippen molar-refractivity contribution in [2.24, 2.45) is 5.73 Å². The zero-order valence-corrected chi connectivity index (χ0v) is 25.9. The largest absolute Gasteiger partial charge is 0.465 e. The third-order valence-electron chi connectivity index (χ3n) is 6.16. The number of imidazole rings is 1. The number of carbonyl (C=O) groups excluding carboxylic acids is 1. The number of amidine groups is 1. The number of nitrogens with two attached hydrogens (primary N) is 1. The van der Waals surface area contributed by atoms with Crippen molar-refractivity contribution < 1.29 is 17.9 Å². The van der Waals surface area contributed by atoms with Crippen molar-refractivity contribution in [3.63, 3.8) is 0 Å². The van der Waals surface area contributed by atoms with Crippen LogP contribution in [-0.2, 0) is 32.5 Å². The van der Waals surface area contributed by atoms with E-state index >= 15 is 0 Å². The van der Waals surface area contributed by atoms with Gasteiger partial charge in [0.1, 0.15) is 18.2 Å². The normalized spacial score (nSPS) is 11.1. The first kappa shape index (κ1) is 35.2. The summed E-state index contributed by atoms with van der Waals surface area (Å²) < 4.78 is 35.0. The maximum absolute atomic E-state index is 13.2. The number of sulfonamides is 1. The molecular formula is C27H40Cl2N6O4S. The summed E-state index contributed by atoms with van der Waals surface area (Å²) >= 11 is 0.